The van der Waals surface area contributed by atoms with E-state index in [0.717, 1.165) is 29.7 Å². The fourth-order valence-corrected chi connectivity index (χ4v) is 6.78. The number of hydrogen-bond donors (Lipinski definition) is 1. The normalized spacial score (nSPS) is 13.5. The summed E-state index contributed by atoms with van der Waals surface area (Å²) in [5.74, 6) is -0.511. The van der Waals surface area contributed by atoms with E-state index in [4.69, 9.17) is 4.74 Å². The van der Waals surface area contributed by atoms with Crippen molar-refractivity contribution in [3.63, 3.8) is 0 Å². The number of fused-ring (bicyclic) bond motifs is 1. The smallest absolute Gasteiger partial charge is 0.262 e. The summed E-state index contributed by atoms with van der Waals surface area (Å²) in [4.78, 5) is 13.9. The van der Waals surface area contributed by atoms with E-state index in [9.17, 15) is 17.6 Å². The van der Waals surface area contributed by atoms with Crippen molar-refractivity contribution in [2.24, 2.45) is 0 Å². The molecule has 1 heterocycles. The maximum Gasteiger partial charge on any atom is 0.262 e. The van der Waals surface area contributed by atoms with Gasteiger partial charge in [-0.05, 0) is 67.6 Å². The van der Waals surface area contributed by atoms with Crippen molar-refractivity contribution in [1.82, 2.24) is 0 Å². The van der Waals surface area contributed by atoms with Crippen LogP contribution in [-0.2, 0) is 27.5 Å². The Morgan fingerprint density at radius 1 is 1.03 bits per heavy atom. The number of rotatable bonds is 6. The Hall–Kier alpha value is -2.71. The van der Waals surface area contributed by atoms with E-state index in [2.05, 4.69) is 5.32 Å². The van der Waals surface area contributed by atoms with Crippen LogP contribution < -0.4 is 10.1 Å². The van der Waals surface area contributed by atoms with Gasteiger partial charge < -0.3 is 10.1 Å². The lowest BCUT2D eigenvalue weighted by Crippen LogP contribution is -2.21. The van der Waals surface area contributed by atoms with Crippen molar-refractivity contribution in [1.29, 1.82) is 0 Å². The van der Waals surface area contributed by atoms with Crippen LogP contribution in [0.4, 0.5) is 9.39 Å². The van der Waals surface area contributed by atoms with Crippen LogP contribution in [0.15, 0.2) is 64.4 Å². The average Bonchev–Trinajstić information content (AvgIpc) is 3.12. The second-order valence-corrected chi connectivity index (χ2v) is 9.97. The van der Waals surface area contributed by atoms with Crippen LogP contribution in [0.5, 0.6) is 5.75 Å². The van der Waals surface area contributed by atoms with Gasteiger partial charge in [-0.25, -0.2) is 12.8 Å². The van der Waals surface area contributed by atoms with E-state index >= 15 is 0 Å². The topological polar surface area (TPSA) is 72.5 Å². The molecule has 0 bridgehead atoms. The molecule has 156 valence electrons. The number of thiophene rings is 1. The number of carbonyl (C=O) groups is 1. The highest BCUT2D eigenvalue weighted by Crippen LogP contribution is 2.43. The van der Waals surface area contributed by atoms with Gasteiger partial charge in [0.1, 0.15) is 21.5 Å². The third kappa shape index (κ3) is 4.24. The minimum absolute atomic E-state index is 0.198. The van der Waals surface area contributed by atoms with Crippen molar-refractivity contribution in [2.75, 3.05) is 11.9 Å². The molecule has 0 atom stereocenters. The van der Waals surface area contributed by atoms with Crippen LogP contribution in [0.3, 0.4) is 0 Å². The first-order chi connectivity index (χ1) is 14.4. The summed E-state index contributed by atoms with van der Waals surface area (Å²) in [6.07, 6.45) is 3.40. The first-order valence-corrected chi connectivity index (χ1v) is 11.9. The molecule has 0 spiro atoms. The lowest BCUT2D eigenvalue weighted by molar-refractivity contribution is -0.118. The number of aryl methyl sites for hydroxylation is 1. The second kappa shape index (κ2) is 8.57. The van der Waals surface area contributed by atoms with Gasteiger partial charge in [-0.2, -0.15) is 0 Å². The third-order valence-electron chi connectivity index (χ3n) is 4.88. The van der Waals surface area contributed by atoms with Gasteiger partial charge in [-0.3, -0.25) is 4.79 Å². The molecule has 0 unspecified atom stereocenters. The van der Waals surface area contributed by atoms with Crippen molar-refractivity contribution in [2.45, 2.75) is 35.5 Å². The Morgan fingerprint density at radius 3 is 2.47 bits per heavy atom. The van der Waals surface area contributed by atoms with Crippen molar-refractivity contribution in [3.8, 4) is 5.75 Å². The maximum absolute atomic E-state index is 13.4. The van der Waals surface area contributed by atoms with Crippen LogP contribution in [0.2, 0.25) is 0 Å². The van der Waals surface area contributed by atoms with Gasteiger partial charge >= 0.3 is 0 Å². The van der Waals surface area contributed by atoms with Crippen LogP contribution in [0.25, 0.3) is 0 Å². The Kier molecular flexibility index (Phi) is 5.87. The highest BCUT2D eigenvalue weighted by Gasteiger charge is 2.31. The molecule has 2 aromatic carbocycles. The molecule has 1 aliphatic rings. The summed E-state index contributed by atoms with van der Waals surface area (Å²) in [7, 11) is -3.77. The third-order valence-corrected chi connectivity index (χ3v) is 8.10. The molecular weight excluding hydrogens is 425 g/mol. The van der Waals surface area contributed by atoms with Gasteiger partial charge in [0.25, 0.3) is 5.91 Å². The molecule has 5 nitrogen and oxygen atoms in total. The summed E-state index contributed by atoms with van der Waals surface area (Å²) in [5, 5.41) is 3.06. The van der Waals surface area contributed by atoms with Gasteiger partial charge in [-0.15, -0.1) is 11.3 Å². The minimum Gasteiger partial charge on any atom is -0.484 e. The fourth-order valence-electron chi connectivity index (χ4n) is 3.46. The van der Waals surface area contributed by atoms with Crippen LogP contribution >= 0.6 is 11.3 Å². The minimum atomic E-state index is -3.77. The second-order valence-electron chi connectivity index (χ2n) is 6.98. The zero-order valence-electron chi connectivity index (χ0n) is 16.1. The molecule has 8 heteroatoms. The highest BCUT2D eigenvalue weighted by atomic mass is 32.2. The monoisotopic (exact) mass is 445 g/mol. The molecule has 0 fully saturated rings. The first-order valence-electron chi connectivity index (χ1n) is 9.58. The Labute approximate surface area is 178 Å². The van der Waals surface area contributed by atoms with Crippen molar-refractivity contribution < 1.29 is 22.3 Å². The Balaban J connectivity index is 1.61. The Bertz CT molecular complexity index is 1160. The van der Waals surface area contributed by atoms with Gasteiger partial charge in [0.05, 0.1) is 4.90 Å². The standard InChI is InChI=1S/C22H20FNO4S2/c23-15-10-12-16(13-11-15)28-14-20(25)24-22-21(18-8-4-5-9-19(18)29-22)30(26,27)17-6-2-1-3-7-17/h1-3,6-7,10-13H,4-5,8-9,14H2,(H,24,25). The molecule has 1 aliphatic carbocycles. The van der Waals surface area contributed by atoms with E-state index in [1.165, 1.54) is 35.6 Å². The van der Waals surface area contributed by atoms with Crippen molar-refractivity contribution in [3.05, 3.63) is 70.9 Å². The van der Waals surface area contributed by atoms with E-state index in [1.54, 1.807) is 30.3 Å². The molecule has 30 heavy (non-hydrogen) atoms. The fraction of sp³-hybridized carbons (Fsp3) is 0.227. The van der Waals surface area contributed by atoms with Gasteiger partial charge in [0.2, 0.25) is 9.84 Å². The number of anilines is 1. The number of sulfone groups is 1. The average molecular weight is 446 g/mol. The van der Waals surface area contributed by atoms with Crippen LogP contribution in [0.1, 0.15) is 23.3 Å². The lowest BCUT2D eigenvalue weighted by atomic mass is 9.99. The predicted octanol–water partition coefficient (Wildman–Crippen LogP) is 4.62. The molecule has 4 rings (SSSR count). The summed E-state index contributed by atoms with van der Waals surface area (Å²) in [5.41, 5.74) is 0.810. The first kappa shape index (κ1) is 20.6. The lowest BCUT2D eigenvalue weighted by Gasteiger charge is -2.14. The molecule has 0 radical (unpaired) electrons. The van der Waals surface area contributed by atoms with E-state index in [-0.39, 0.29) is 16.4 Å². The van der Waals surface area contributed by atoms with Gasteiger partial charge in [0.15, 0.2) is 6.61 Å². The van der Waals surface area contributed by atoms with Gasteiger partial charge in [-0.1, -0.05) is 18.2 Å². The number of amides is 1. The van der Waals surface area contributed by atoms with Gasteiger partial charge in [0, 0.05) is 4.88 Å². The highest BCUT2D eigenvalue weighted by molar-refractivity contribution is 7.92. The summed E-state index contributed by atoms with van der Waals surface area (Å²) in [6.45, 7) is -0.307. The zero-order valence-corrected chi connectivity index (χ0v) is 17.7. The molecule has 0 saturated heterocycles. The number of benzene rings is 2. The molecular formula is C22H20FNO4S2. The van der Waals surface area contributed by atoms with Crippen LogP contribution in [0, 0.1) is 5.82 Å². The summed E-state index contributed by atoms with van der Waals surface area (Å²) in [6, 6.07) is 13.6. The number of nitrogens with one attached hydrogen (secondary N) is 1. The van der Waals surface area contributed by atoms with E-state index in [0.29, 0.717) is 17.2 Å². The summed E-state index contributed by atoms with van der Waals surface area (Å²) >= 11 is 1.32. The molecule has 0 saturated carbocycles. The number of hydrogen-bond acceptors (Lipinski definition) is 5. The zero-order chi connectivity index (χ0) is 21.1. The maximum atomic E-state index is 13.4. The predicted molar refractivity (Wildman–Crippen MR) is 113 cm³/mol. The number of carbonyl (C=O) groups excluding carboxylic acids is 1. The number of halogens is 1. The quantitative estimate of drug-likeness (QED) is 0.601. The van der Waals surface area contributed by atoms with Crippen molar-refractivity contribution >= 4 is 32.1 Å². The van der Waals surface area contributed by atoms with Crippen LogP contribution in [-0.4, -0.2) is 20.9 Å². The molecule has 1 amide bonds. The Morgan fingerprint density at radius 2 is 1.73 bits per heavy atom. The van der Waals surface area contributed by atoms with E-state index in [1.807, 2.05) is 0 Å². The SMILES string of the molecule is O=C(COc1ccc(F)cc1)Nc1sc2c(c1S(=O)(=O)c1ccccc1)CCCC2. The molecule has 3 aromatic rings. The molecule has 1 aromatic heterocycles. The largest absolute Gasteiger partial charge is 0.484 e. The molecule has 0 aliphatic heterocycles. The molecule has 1 N–H and O–H groups in total. The van der Waals surface area contributed by atoms with E-state index < -0.39 is 21.6 Å². The number of ether oxygens (including phenoxy) is 1. The summed E-state index contributed by atoms with van der Waals surface area (Å²) < 4.78 is 45.1.